The number of nitro groups is 1. The molecule has 0 unspecified atom stereocenters. The van der Waals surface area contributed by atoms with Crippen LogP contribution in [0.1, 0.15) is 5.89 Å². The molecule has 9 nitrogen and oxygen atoms in total. The zero-order valence-electron chi connectivity index (χ0n) is 13.8. The summed E-state index contributed by atoms with van der Waals surface area (Å²) in [6, 6.07) is 6.12. The number of rotatable bonds is 5. The van der Waals surface area contributed by atoms with Crippen LogP contribution >= 0.6 is 11.3 Å². The molecule has 0 atom stereocenters. The molecule has 0 radical (unpaired) electrons. The van der Waals surface area contributed by atoms with Crippen molar-refractivity contribution < 1.29 is 9.45 Å². The lowest BCUT2D eigenvalue weighted by Crippen LogP contribution is -2.46. The summed E-state index contributed by atoms with van der Waals surface area (Å²) < 4.78 is 5.34. The van der Waals surface area contributed by atoms with Crippen LogP contribution in [0.3, 0.4) is 0 Å². The second-order valence-corrected chi connectivity index (χ2v) is 6.77. The largest absolute Gasteiger partial charge is 0.346 e. The minimum Gasteiger partial charge on any atom is -0.346 e. The van der Waals surface area contributed by atoms with Crippen LogP contribution in [0.15, 0.2) is 40.4 Å². The Balaban J connectivity index is 1.36. The third kappa shape index (κ3) is 3.55. The first-order valence-electron chi connectivity index (χ1n) is 8.13. The van der Waals surface area contributed by atoms with Gasteiger partial charge in [0, 0.05) is 55.5 Å². The van der Waals surface area contributed by atoms with Gasteiger partial charge in [-0.05, 0) is 12.1 Å². The van der Waals surface area contributed by atoms with E-state index < -0.39 is 4.92 Å². The van der Waals surface area contributed by atoms with Crippen LogP contribution in [0.25, 0.3) is 11.4 Å². The second-order valence-electron chi connectivity index (χ2n) is 5.89. The highest BCUT2D eigenvalue weighted by atomic mass is 32.1. The molecule has 0 amide bonds. The fourth-order valence-corrected chi connectivity index (χ4v) is 3.53. The van der Waals surface area contributed by atoms with Crippen molar-refractivity contribution in [3.05, 3.63) is 51.8 Å². The number of anilines is 1. The first kappa shape index (κ1) is 16.6. The summed E-state index contributed by atoms with van der Waals surface area (Å²) in [6.07, 6.45) is 1.82. The van der Waals surface area contributed by atoms with Gasteiger partial charge < -0.3 is 9.42 Å². The van der Waals surface area contributed by atoms with Gasteiger partial charge in [-0.3, -0.25) is 15.0 Å². The molecular weight excluding hydrogens is 356 g/mol. The maximum atomic E-state index is 10.7. The van der Waals surface area contributed by atoms with E-state index in [2.05, 4.69) is 24.9 Å². The molecule has 1 aliphatic rings. The predicted octanol–water partition coefficient (Wildman–Crippen LogP) is 2.42. The molecule has 3 aromatic rings. The van der Waals surface area contributed by atoms with Crippen molar-refractivity contribution in [3.8, 4) is 11.4 Å². The summed E-state index contributed by atoms with van der Waals surface area (Å²) in [4.78, 5) is 23.6. The predicted molar refractivity (Wildman–Crippen MR) is 96.0 cm³/mol. The molecule has 4 rings (SSSR count). The molecule has 2 aromatic heterocycles. The van der Waals surface area contributed by atoms with E-state index in [1.807, 2.05) is 11.6 Å². The van der Waals surface area contributed by atoms with Crippen LogP contribution in [0.2, 0.25) is 0 Å². The average Bonchev–Trinajstić information content (AvgIpc) is 3.35. The summed E-state index contributed by atoms with van der Waals surface area (Å²) in [5, 5.41) is 17.7. The molecule has 0 saturated carbocycles. The third-order valence-corrected chi connectivity index (χ3v) is 5.06. The molecule has 1 aliphatic heterocycles. The quantitative estimate of drug-likeness (QED) is 0.497. The molecule has 1 fully saturated rings. The number of nitrogens with zero attached hydrogens (tertiary/aromatic N) is 6. The molecule has 1 saturated heterocycles. The first-order valence-corrected chi connectivity index (χ1v) is 9.01. The van der Waals surface area contributed by atoms with Crippen LogP contribution < -0.4 is 4.90 Å². The smallest absolute Gasteiger partial charge is 0.269 e. The van der Waals surface area contributed by atoms with E-state index in [1.165, 1.54) is 12.1 Å². The van der Waals surface area contributed by atoms with E-state index in [0.717, 1.165) is 31.3 Å². The molecule has 0 N–H and O–H groups in total. The van der Waals surface area contributed by atoms with Gasteiger partial charge in [-0.1, -0.05) is 5.16 Å². The standard InChI is InChI=1S/C16H16N6O3S/c23-22(24)13-3-1-12(2-4-13)15-18-14(25-19-15)11-20-6-8-21(9-7-20)16-17-5-10-26-16/h1-5,10H,6-9,11H2. The van der Waals surface area contributed by atoms with Gasteiger partial charge in [0.25, 0.3) is 5.69 Å². The summed E-state index contributed by atoms with van der Waals surface area (Å²) in [5.74, 6) is 0.984. The molecule has 10 heteroatoms. The minimum absolute atomic E-state index is 0.0376. The summed E-state index contributed by atoms with van der Waals surface area (Å²) in [7, 11) is 0. The Hall–Kier alpha value is -2.85. The fraction of sp³-hybridized carbons (Fsp3) is 0.312. The maximum Gasteiger partial charge on any atom is 0.269 e. The topological polar surface area (TPSA) is 101 Å². The normalized spacial score (nSPS) is 15.3. The van der Waals surface area contributed by atoms with Crippen LogP contribution in [-0.2, 0) is 6.54 Å². The number of benzene rings is 1. The van der Waals surface area contributed by atoms with Gasteiger partial charge in [0.15, 0.2) is 5.13 Å². The highest BCUT2D eigenvalue weighted by Crippen LogP contribution is 2.22. The molecule has 26 heavy (non-hydrogen) atoms. The number of nitro benzene ring substituents is 1. The Morgan fingerprint density at radius 1 is 1.19 bits per heavy atom. The van der Waals surface area contributed by atoms with Crippen molar-refractivity contribution in [2.75, 3.05) is 31.1 Å². The molecule has 134 valence electrons. The van der Waals surface area contributed by atoms with E-state index in [4.69, 9.17) is 4.52 Å². The molecule has 1 aromatic carbocycles. The lowest BCUT2D eigenvalue weighted by molar-refractivity contribution is -0.384. The Kier molecular flexibility index (Phi) is 4.59. The Labute approximate surface area is 153 Å². The first-order chi connectivity index (χ1) is 12.7. The second kappa shape index (κ2) is 7.18. The Bertz CT molecular complexity index is 872. The number of piperazine rings is 1. The van der Waals surface area contributed by atoms with Gasteiger partial charge in [0.05, 0.1) is 11.5 Å². The van der Waals surface area contributed by atoms with E-state index >= 15 is 0 Å². The van der Waals surface area contributed by atoms with E-state index in [-0.39, 0.29) is 5.69 Å². The van der Waals surface area contributed by atoms with Gasteiger partial charge >= 0.3 is 0 Å². The number of non-ortho nitro benzene ring substituents is 1. The van der Waals surface area contributed by atoms with E-state index in [0.29, 0.717) is 23.8 Å². The van der Waals surface area contributed by atoms with Crippen molar-refractivity contribution in [1.29, 1.82) is 0 Å². The van der Waals surface area contributed by atoms with Gasteiger partial charge in [-0.15, -0.1) is 11.3 Å². The van der Waals surface area contributed by atoms with Crippen molar-refractivity contribution in [2.45, 2.75) is 6.54 Å². The van der Waals surface area contributed by atoms with Crippen LogP contribution in [0, 0.1) is 10.1 Å². The monoisotopic (exact) mass is 372 g/mol. The average molecular weight is 372 g/mol. The summed E-state index contributed by atoms with van der Waals surface area (Å²) in [5.41, 5.74) is 0.731. The maximum absolute atomic E-state index is 10.7. The fourth-order valence-electron chi connectivity index (χ4n) is 2.83. The highest BCUT2D eigenvalue weighted by molar-refractivity contribution is 7.13. The molecular formula is C16H16N6O3S. The molecule has 0 spiro atoms. The highest BCUT2D eigenvalue weighted by Gasteiger charge is 2.21. The Morgan fingerprint density at radius 3 is 2.62 bits per heavy atom. The Morgan fingerprint density at radius 2 is 1.96 bits per heavy atom. The third-order valence-electron chi connectivity index (χ3n) is 4.23. The molecule has 0 bridgehead atoms. The van der Waals surface area contributed by atoms with Gasteiger partial charge in [0.2, 0.25) is 11.7 Å². The lowest BCUT2D eigenvalue weighted by atomic mass is 10.2. The molecule has 3 heterocycles. The number of aromatic nitrogens is 3. The van der Waals surface area contributed by atoms with Gasteiger partial charge in [0.1, 0.15) is 0 Å². The minimum atomic E-state index is -0.434. The van der Waals surface area contributed by atoms with E-state index in [9.17, 15) is 10.1 Å². The van der Waals surface area contributed by atoms with Crippen molar-refractivity contribution in [1.82, 2.24) is 20.0 Å². The van der Waals surface area contributed by atoms with Crippen molar-refractivity contribution in [2.24, 2.45) is 0 Å². The lowest BCUT2D eigenvalue weighted by Gasteiger charge is -2.33. The van der Waals surface area contributed by atoms with Crippen LogP contribution in [0.4, 0.5) is 10.8 Å². The van der Waals surface area contributed by atoms with Crippen molar-refractivity contribution in [3.63, 3.8) is 0 Å². The number of hydrogen-bond donors (Lipinski definition) is 0. The zero-order valence-corrected chi connectivity index (χ0v) is 14.6. The molecule has 0 aliphatic carbocycles. The van der Waals surface area contributed by atoms with E-state index in [1.54, 1.807) is 23.5 Å². The van der Waals surface area contributed by atoms with Crippen LogP contribution in [0.5, 0.6) is 0 Å². The summed E-state index contributed by atoms with van der Waals surface area (Å²) in [6.45, 7) is 4.21. The number of thiazole rings is 1. The number of hydrogen-bond acceptors (Lipinski definition) is 9. The zero-order chi connectivity index (χ0) is 17.9. The van der Waals surface area contributed by atoms with Crippen LogP contribution in [-0.4, -0.2) is 51.1 Å². The van der Waals surface area contributed by atoms with Crippen molar-refractivity contribution >= 4 is 22.2 Å². The summed E-state index contributed by atoms with van der Waals surface area (Å²) >= 11 is 1.65. The van der Waals surface area contributed by atoms with Gasteiger partial charge in [-0.25, -0.2) is 4.98 Å². The van der Waals surface area contributed by atoms with Gasteiger partial charge in [-0.2, -0.15) is 4.98 Å². The SMILES string of the molecule is O=[N+]([O-])c1ccc(-c2noc(CN3CCN(c4nccs4)CC3)n2)cc1.